The first kappa shape index (κ1) is 17.6. The Kier molecular flexibility index (Phi) is 4.72. The van der Waals surface area contributed by atoms with Crippen molar-refractivity contribution in [3.63, 3.8) is 0 Å². The number of aliphatic hydroxyl groups is 1. The van der Waals surface area contributed by atoms with Gasteiger partial charge in [0.1, 0.15) is 6.10 Å². The molecule has 0 fully saturated rings. The van der Waals surface area contributed by atoms with Gasteiger partial charge < -0.3 is 28.8 Å². The third kappa shape index (κ3) is 2.93. The second kappa shape index (κ2) is 6.96. The predicted molar refractivity (Wildman–Crippen MR) is 89.4 cm³/mol. The largest absolute Gasteiger partial charge is 0.493 e. The molecule has 3 rings (SSSR count). The van der Waals surface area contributed by atoms with Crippen molar-refractivity contribution in [1.29, 1.82) is 0 Å². The molecule has 9 heteroatoms. The van der Waals surface area contributed by atoms with E-state index in [1.54, 1.807) is 0 Å². The van der Waals surface area contributed by atoms with Gasteiger partial charge in [-0.3, -0.25) is 10.1 Å². The van der Waals surface area contributed by atoms with Crippen LogP contribution in [0, 0.1) is 10.1 Å². The summed E-state index contributed by atoms with van der Waals surface area (Å²) in [7, 11) is 4.34. The first-order chi connectivity index (χ1) is 12.5. The molecule has 0 aromatic heterocycles. The highest BCUT2D eigenvalue weighted by Crippen LogP contribution is 2.44. The molecule has 0 saturated carbocycles. The second-order valence-electron chi connectivity index (χ2n) is 5.38. The molecule has 0 radical (unpaired) electrons. The minimum atomic E-state index is -1.32. The van der Waals surface area contributed by atoms with Gasteiger partial charge in [0.2, 0.25) is 12.5 Å². The average Bonchev–Trinajstić information content (AvgIpc) is 3.12. The average molecular weight is 363 g/mol. The summed E-state index contributed by atoms with van der Waals surface area (Å²) in [5, 5.41) is 22.2. The Bertz CT molecular complexity index is 826. The maximum absolute atomic E-state index is 11.4. The number of hydrogen-bond donors (Lipinski definition) is 1. The van der Waals surface area contributed by atoms with Gasteiger partial charge in [-0.2, -0.15) is 0 Å². The Morgan fingerprint density at radius 3 is 2.12 bits per heavy atom. The number of ether oxygens (including phenoxy) is 5. The summed E-state index contributed by atoms with van der Waals surface area (Å²) in [6.07, 6.45) is -1.32. The third-order valence-electron chi connectivity index (χ3n) is 4.02. The molecule has 0 amide bonds. The van der Waals surface area contributed by atoms with Crippen LogP contribution in [-0.2, 0) is 0 Å². The molecule has 2 aromatic carbocycles. The molecule has 0 spiro atoms. The van der Waals surface area contributed by atoms with Crippen molar-refractivity contribution in [3.05, 3.63) is 45.5 Å². The topological polar surface area (TPSA) is 110 Å². The fourth-order valence-electron chi connectivity index (χ4n) is 2.76. The van der Waals surface area contributed by atoms with Gasteiger partial charge in [0.25, 0.3) is 5.69 Å². The fraction of sp³-hybridized carbons (Fsp3) is 0.294. The van der Waals surface area contributed by atoms with Gasteiger partial charge in [0, 0.05) is 0 Å². The quantitative estimate of drug-likeness (QED) is 0.615. The van der Waals surface area contributed by atoms with E-state index in [1.165, 1.54) is 45.6 Å². The Morgan fingerprint density at radius 1 is 1.04 bits per heavy atom. The molecule has 0 bridgehead atoms. The third-order valence-corrected chi connectivity index (χ3v) is 4.02. The van der Waals surface area contributed by atoms with E-state index in [0.29, 0.717) is 28.6 Å². The number of hydrogen-bond acceptors (Lipinski definition) is 8. The zero-order valence-corrected chi connectivity index (χ0v) is 14.3. The summed E-state index contributed by atoms with van der Waals surface area (Å²) in [5.74, 6) is 1.59. The molecule has 1 N–H and O–H groups in total. The molecular weight excluding hydrogens is 346 g/mol. The van der Waals surface area contributed by atoms with Gasteiger partial charge in [-0.25, -0.2) is 0 Å². The van der Waals surface area contributed by atoms with E-state index in [0.717, 1.165) is 0 Å². The van der Waals surface area contributed by atoms with Crippen molar-refractivity contribution in [1.82, 2.24) is 0 Å². The normalized spacial score (nSPS) is 13.2. The zero-order valence-electron chi connectivity index (χ0n) is 14.3. The van der Waals surface area contributed by atoms with Gasteiger partial charge in [0.05, 0.1) is 37.9 Å². The number of nitrogens with zero attached hydrogens (tertiary/aromatic N) is 1. The lowest BCUT2D eigenvalue weighted by Gasteiger charge is -2.17. The van der Waals surface area contributed by atoms with Crippen LogP contribution in [0.5, 0.6) is 28.7 Å². The Labute approximate surface area is 148 Å². The highest BCUT2D eigenvalue weighted by Gasteiger charge is 2.29. The molecule has 9 nitrogen and oxygen atoms in total. The predicted octanol–water partition coefficient (Wildman–Crippen LogP) is 2.43. The minimum absolute atomic E-state index is 0.0315. The van der Waals surface area contributed by atoms with Crippen LogP contribution in [0.1, 0.15) is 17.2 Å². The summed E-state index contributed by atoms with van der Waals surface area (Å²) in [4.78, 5) is 10.8. The van der Waals surface area contributed by atoms with E-state index in [-0.39, 0.29) is 23.8 Å². The van der Waals surface area contributed by atoms with Crippen LogP contribution in [0.2, 0.25) is 0 Å². The zero-order chi connectivity index (χ0) is 18.8. The van der Waals surface area contributed by atoms with Crippen LogP contribution >= 0.6 is 0 Å². The van der Waals surface area contributed by atoms with Crippen LogP contribution < -0.4 is 23.7 Å². The van der Waals surface area contributed by atoms with Crippen LogP contribution in [0.25, 0.3) is 0 Å². The van der Waals surface area contributed by atoms with Crippen LogP contribution in [-0.4, -0.2) is 38.2 Å². The van der Waals surface area contributed by atoms with Crippen LogP contribution in [0.3, 0.4) is 0 Å². The summed E-state index contributed by atoms with van der Waals surface area (Å²) in [6.45, 7) is -0.0315. The maximum atomic E-state index is 11.4. The molecule has 26 heavy (non-hydrogen) atoms. The van der Waals surface area contributed by atoms with E-state index < -0.39 is 11.0 Å². The summed E-state index contributed by atoms with van der Waals surface area (Å²) in [5.41, 5.74) is 0.116. The number of nitro groups is 1. The Hall–Kier alpha value is -3.20. The number of benzene rings is 2. The Morgan fingerprint density at radius 2 is 1.62 bits per heavy atom. The molecule has 1 atom stereocenters. The molecule has 1 unspecified atom stereocenters. The molecular formula is C17H17NO8. The molecule has 0 aliphatic carbocycles. The summed E-state index contributed by atoms with van der Waals surface area (Å²) in [6, 6.07) is 5.69. The van der Waals surface area contributed by atoms with Crippen molar-refractivity contribution >= 4 is 5.69 Å². The lowest BCUT2D eigenvalue weighted by atomic mass is 9.98. The lowest BCUT2D eigenvalue weighted by Crippen LogP contribution is -2.06. The first-order valence-electron chi connectivity index (χ1n) is 7.56. The molecule has 1 aliphatic rings. The number of aliphatic hydroxyl groups excluding tert-OH is 1. The van der Waals surface area contributed by atoms with E-state index in [4.69, 9.17) is 23.7 Å². The molecule has 138 valence electrons. The van der Waals surface area contributed by atoms with Gasteiger partial charge >= 0.3 is 0 Å². The van der Waals surface area contributed by atoms with Crippen molar-refractivity contribution in [3.8, 4) is 28.7 Å². The standard InChI is InChI=1S/C17H17NO8/c1-22-14-4-9(5-15(23-2)17(14)24-3)16(19)10-6-12-13(26-8-25-12)7-11(10)18(20)21/h4-7,16,19H,8H2,1-3H3. The maximum Gasteiger partial charge on any atom is 0.279 e. The van der Waals surface area contributed by atoms with Crippen molar-refractivity contribution in [2.75, 3.05) is 28.1 Å². The van der Waals surface area contributed by atoms with Crippen molar-refractivity contribution in [2.24, 2.45) is 0 Å². The molecule has 0 saturated heterocycles. The van der Waals surface area contributed by atoms with Gasteiger partial charge in [-0.15, -0.1) is 0 Å². The number of fused-ring (bicyclic) bond motifs is 1. The summed E-state index contributed by atoms with van der Waals surface area (Å²) >= 11 is 0. The SMILES string of the molecule is COc1cc(C(O)c2cc3c(cc2[N+](=O)[O-])OCO3)cc(OC)c1OC. The van der Waals surface area contributed by atoms with E-state index in [9.17, 15) is 15.2 Å². The van der Waals surface area contributed by atoms with Crippen LogP contribution in [0.4, 0.5) is 5.69 Å². The summed E-state index contributed by atoms with van der Waals surface area (Å²) < 4.78 is 26.2. The Balaban J connectivity index is 2.12. The smallest absolute Gasteiger partial charge is 0.279 e. The van der Waals surface area contributed by atoms with E-state index >= 15 is 0 Å². The minimum Gasteiger partial charge on any atom is -0.493 e. The number of rotatable bonds is 6. The molecule has 1 aliphatic heterocycles. The molecule has 1 heterocycles. The van der Waals surface area contributed by atoms with Crippen molar-refractivity contribution in [2.45, 2.75) is 6.10 Å². The van der Waals surface area contributed by atoms with Gasteiger partial charge in [0.15, 0.2) is 23.0 Å². The van der Waals surface area contributed by atoms with E-state index in [1.807, 2.05) is 0 Å². The van der Waals surface area contributed by atoms with Crippen LogP contribution in [0.15, 0.2) is 24.3 Å². The van der Waals surface area contributed by atoms with Gasteiger partial charge in [-0.05, 0) is 23.8 Å². The highest BCUT2D eigenvalue weighted by atomic mass is 16.7. The fourth-order valence-corrected chi connectivity index (χ4v) is 2.76. The highest BCUT2D eigenvalue weighted by molar-refractivity contribution is 5.60. The first-order valence-corrected chi connectivity index (χ1v) is 7.56. The number of methoxy groups -OCH3 is 3. The monoisotopic (exact) mass is 363 g/mol. The number of nitro benzene ring substituents is 1. The lowest BCUT2D eigenvalue weighted by molar-refractivity contribution is -0.386. The second-order valence-corrected chi connectivity index (χ2v) is 5.38. The van der Waals surface area contributed by atoms with Crippen molar-refractivity contribution < 1.29 is 33.7 Å². The molecule has 2 aromatic rings. The van der Waals surface area contributed by atoms with Gasteiger partial charge in [-0.1, -0.05) is 0 Å². The van der Waals surface area contributed by atoms with E-state index in [2.05, 4.69) is 0 Å².